The minimum atomic E-state index is 0.0144. The van der Waals surface area contributed by atoms with E-state index in [2.05, 4.69) is 4.37 Å². The minimum absolute atomic E-state index is 0.0144. The molecule has 1 aromatic heterocycles. The van der Waals surface area contributed by atoms with E-state index in [-0.39, 0.29) is 5.56 Å². The summed E-state index contributed by atoms with van der Waals surface area (Å²) in [5, 5.41) is 0.785. The second kappa shape index (κ2) is 1.95. The number of hydrogen-bond acceptors (Lipinski definition) is 2. The van der Waals surface area contributed by atoms with Gasteiger partial charge in [-0.2, -0.15) is 0 Å². The minimum Gasteiger partial charge on any atom is -0.277 e. The highest BCUT2D eigenvalue weighted by Crippen LogP contribution is 2.11. The van der Waals surface area contributed by atoms with Gasteiger partial charge in [-0.05, 0) is 12.1 Å². The highest BCUT2D eigenvalue weighted by atomic mass is 32.1. The molecule has 50 valence electrons. The maximum absolute atomic E-state index is 10.9. The lowest BCUT2D eigenvalue weighted by Gasteiger charge is -1.79. The van der Waals surface area contributed by atoms with Gasteiger partial charge in [0.15, 0.2) is 0 Å². The first-order chi connectivity index (χ1) is 4.88. The van der Waals surface area contributed by atoms with Gasteiger partial charge in [-0.15, -0.1) is 0 Å². The van der Waals surface area contributed by atoms with Crippen molar-refractivity contribution in [1.82, 2.24) is 4.37 Å². The molecule has 0 unspecified atom stereocenters. The van der Waals surface area contributed by atoms with Crippen LogP contribution in [0, 0.1) is 0 Å². The second-order valence-corrected chi connectivity index (χ2v) is 2.88. The molecule has 0 amide bonds. The number of fused-ring (bicyclic) bond motifs is 1. The molecule has 2 rings (SSSR count). The van der Waals surface area contributed by atoms with Gasteiger partial charge in [0.2, 0.25) is 0 Å². The number of nitrogens with one attached hydrogen (secondary N) is 1. The molecule has 1 aromatic carbocycles. The van der Waals surface area contributed by atoms with Crippen molar-refractivity contribution in [2.24, 2.45) is 0 Å². The molecule has 1 N–H and O–H groups in total. The van der Waals surface area contributed by atoms with E-state index in [0.29, 0.717) is 0 Å². The van der Waals surface area contributed by atoms with E-state index in [9.17, 15) is 4.79 Å². The second-order valence-electron chi connectivity index (χ2n) is 2.03. The SMILES string of the molecule is O=c1[nH]s[13c]2[13cH][13cH][13cH][13cH][13c]12. The van der Waals surface area contributed by atoms with E-state index in [1.165, 1.54) is 11.5 Å². The first-order valence-electron chi connectivity index (χ1n) is 2.94. The van der Waals surface area contributed by atoms with E-state index in [0.717, 1.165) is 10.1 Å². The zero-order valence-electron chi connectivity index (χ0n) is 5.13. The normalized spacial score (nSPS) is 10.4. The summed E-state index contributed by atoms with van der Waals surface area (Å²) >= 11 is 1.38. The van der Waals surface area contributed by atoms with Crippen LogP contribution in [0.3, 0.4) is 0 Å². The van der Waals surface area contributed by atoms with Crippen molar-refractivity contribution in [2.45, 2.75) is 0 Å². The molecular weight excluding hydrogens is 152 g/mol. The van der Waals surface area contributed by atoms with Gasteiger partial charge in [-0.25, -0.2) is 0 Å². The quantitative estimate of drug-likeness (QED) is 0.618. The van der Waals surface area contributed by atoms with E-state index in [1.54, 1.807) is 0 Å². The monoisotopic (exact) mass is 157 g/mol. The Morgan fingerprint density at radius 3 is 2.90 bits per heavy atom. The summed E-state index contributed by atoms with van der Waals surface area (Å²) < 4.78 is 3.68. The average Bonchev–Trinajstić information content (AvgIpc) is 2.34. The van der Waals surface area contributed by atoms with Gasteiger partial charge in [0, 0.05) is 0 Å². The fraction of sp³-hybridized carbons (Fsp3) is 0. The summed E-state index contributed by atoms with van der Waals surface area (Å²) in [6.07, 6.45) is 0. The zero-order chi connectivity index (χ0) is 6.97. The molecule has 0 atom stereocenters. The Morgan fingerprint density at radius 1 is 1.30 bits per heavy atom. The maximum atomic E-state index is 10.9. The molecule has 0 aliphatic heterocycles. The Balaban J connectivity index is 3.07. The van der Waals surface area contributed by atoms with Gasteiger partial charge in [0.25, 0.3) is 5.56 Å². The molecule has 3 heteroatoms. The van der Waals surface area contributed by atoms with Gasteiger partial charge in [0.1, 0.15) is 0 Å². The average molecular weight is 157 g/mol. The van der Waals surface area contributed by atoms with Crippen molar-refractivity contribution in [2.75, 3.05) is 0 Å². The van der Waals surface area contributed by atoms with E-state index in [1.807, 2.05) is 24.3 Å². The first kappa shape index (κ1) is 5.68. The van der Waals surface area contributed by atoms with Crippen molar-refractivity contribution in [3.05, 3.63) is 34.6 Å². The van der Waals surface area contributed by atoms with Crippen molar-refractivity contribution in [1.29, 1.82) is 0 Å². The lowest BCUT2D eigenvalue weighted by Crippen LogP contribution is -1.94. The number of benzene rings is 1. The van der Waals surface area contributed by atoms with Crippen LogP contribution in [0.2, 0.25) is 0 Å². The van der Waals surface area contributed by atoms with Crippen LogP contribution in [-0.4, -0.2) is 4.37 Å². The fourth-order valence-electron chi connectivity index (χ4n) is 0.900. The molecule has 0 spiro atoms. The Hall–Kier alpha value is -1.09. The summed E-state index contributed by atoms with van der Waals surface area (Å²) in [5.74, 6) is 0. The third-order valence-electron chi connectivity index (χ3n) is 1.39. The number of hydrogen-bond donors (Lipinski definition) is 1. The van der Waals surface area contributed by atoms with Gasteiger partial charge in [-0.3, -0.25) is 9.17 Å². The molecule has 0 saturated heterocycles. The van der Waals surface area contributed by atoms with Crippen LogP contribution in [0.1, 0.15) is 0 Å². The molecule has 0 aliphatic carbocycles. The van der Waals surface area contributed by atoms with E-state index in [4.69, 9.17) is 0 Å². The summed E-state index contributed by atoms with van der Waals surface area (Å²) in [6, 6.07) is 7.54. The summed E-state index contributed by atoms with van der Waals surface area (Å²) in [7, 11) is 0. The lowest BCUT2D eigenvalue weighted by atomic mass is 11.0. The van der Waals surface area contributed by atoms with E-state index < -0.39 is 0 Å². The summed E-state index contributed by atoms with van der Waals surface area (Å²) in [6.45, 7) is 0. The molecule has 0 bridgehead atoms. The molecule has 2 nitrogen and oxygen atoms in total. The maximum Gasteiger partial charge on any atom is 0.265 e. The molecule has 0 fully saturated rings. The molecule has 2 aromatic rings. The zero-order valence-corrected chi connectivity index (χ0v) is 5.94. The number of aromatic nitrogens is 1. The highest BCUT2D eigenvalue weighted by molar-refractivity contribution is 7.13. The predicted molar refractivity (Wildman–Crippen MR) is 42.4 cm³/mol. The van der Waals surface area contributed by atoms with Gasteiger partial charge in [0.05, 0.1) is 10.1 Å². The number of aromatic amines is 1. The molecular formula is C7H5NOS. The van der Waals surface area contributed by atoms with Crippen molar-refractivity contribution in [3.8, 4) is 0 Å². The van der Waals surface area contributed by atoms with Crippen LogP contribution in [0.5, 0.6) is 0 Å². The largest absolute Gasteiger partial charge is 0.277 e. The fourth-order valence-corrected chi connectivity index (χ4v) is 1.63. The van der Waals surface area contributed by atoms with Crippen LogP contribution in [-0.2, 0) is 0 Å². The molecule has 0 saturated carbocycles. The topological polar surface area (TPSA) is 32.9 Å². The Labute approximate surface area is 61.3 Å². The number of rotatable bonds is 0. The summed E-state index contributed by atoms with van der Waals surface area (Å²) in [5.41, 5.74) is 0.0144. The molecule has 0 aliphatic rings. The van der Waals surface area contributed by atoms with Crippen LogP contribution in [0.15, 0.2) is 29.1 Å². The third-order valence-corrected chi connectivity index (χ3v) is 2.25. The predicted octanol–water partition coefficient (Wildman–Crippen LogP) is 1.59. The van der Waals surface area contributed by atoms with Gasteiger partial charge in [-0.1, -0.05) is 23.7 Å². The standard InChI is InChI=1S/C7H5NOS/c9-7-5-3-1-2-4-6(5)10-8-7/h1-4H,(H,8,9)/i1+1,2+1,3+1,4+1,5+1,6+1. The van der Waals surface area contributed by atoms with Crippen LogP contribution >= 0.6 is 11.5 Å². The van der Waals surface area contributed by atoms with Crippen molar-refractivity contribution >= 4 is 21.6 Å². The Kier molecular flexibility index (Phi) is 1.11. The van der Waals surface area contributed by atoms with E-state index >= 15 is 0 Å². The first-order valence-corrected chi connectivity index (χ1v) is 3.76. The Morgan fingerprint density at radius 2 is 2.10 bits per heavy atom. The third kappa shape index (κ3) is 0.675. The van der Waals surface area contributed by atoms with Gasteiger partial charge >= 0.3 is 0 Å². The molecule has 0 radical (unpaired) electrons. The molecule has 1 heterocycles. The highest BCUT2D eigenvalue weighted by Gasteiger charge is 1.96. The number of H-pyrrole nitrogens is 1. The lowest BCUT2D eigenvalue weighted by molar-refractivity contribution is 1.46. The van der Waals surface area contributed by atoms with Gasteiger partial charge < -0.3 is 0 Å². The smallest absolute Gasteiger partial charge is 0.265 e. The van der Waals surface area contributed by atoms with Crippen molar-refractivity contribution < 1.29 is 0 Å². The van der Waals surface area contributed by atoms with Crippen LogP contribution in [0.4, 0.5) is 0 Å². The van der Waals surface area contributed by atoms with Crippen LogP contribution < -0.4 is 5.56 Å². The van der Waals surface area contributed by atoms with Crippen LogP contribution in [0.25, 0.3) is 10.1 Å². The summed E-state index contributed by atoms with van der Waals surface area (Å²) in [4.78, 5) is 10.9. The Bertz CT molecular complexity index is 401. The molecule has 10 heavy (non-hydrogen) atoms. The van der Waals surface area contributed by atoms with Crippen molar-refractivity contribution in [3.63, 3.8) is 0 Å².